The summed E-state index contributed by atoms with van der Waals surface area (Å²) in [5.74, 6) is -0.968. The van der Waals surface area contributed by atoms with Crippen LogP contribution in [0, 0.1) is 5.82 Å². The molecular formula is C21H20FN7O2S. The van der Waals surface area contributed by atoms with Gasteiger partial charge >= 0.3 is 0 Å². The van der Waals surface area contributed by atoms with Crippen molar-refractivity contribution in [3.8, 4) is 27.6 Å². The molecule has 0 saturated heterocycles. The molecule has 1 aliphatic carbocycles. The topological polar surface area (TPSA) is 114 Å². The average molecular weight is 454 g/mol. The van der Waals surface area contributed by atoms with Crippen molar-refractivity contribution in [1.29, 1.82) is 0 Å². The Bertz CT molecular complexity index is 1270. The summed E-state index contributed by atoms with van der Waals surface area (Å²) in [6.07, 6.45) is 8.71. The summed E-state index contributed by atoms with van der Waals surface area (Å²) in [4.78, 5) is 19.9. The molecule has 1 aliphatic rings. The van der Waals surface area contributed by atoms with Gasteiger partial charge in [-0.2, -0.15) is 10.2 Å². The minimum atomic E-state index is -0.577. The van der Waals surface area contributed by atoms with E-state index in [1.54, 1.807) is 22.5 Å². The molecule has 4 aromatic heterocycles. The zero-order valence-electron chi connectivity index (χ0n) is 17.2. The van der Waals surface area contributed by atoms with Crippen molar-refractivity contribution in [1.82, 2.24) is 29.5 Å². The normalized spacial score (nSPS) is 17.9. The van der Waals surface area contributed by atoms with Crippen LogP contribution in [0.1, 0.15) is 36.3 Å². The number of halogens is 1. The maximum Gasteiger partial charge on any atom is 0.268 e. The summed E-state index contributed by atoms with van der Waals surface area (Å²) in [5.41, 5.74) is 7.86. The van der Waals surface area contributed by atoms with Gasteiger partial charge < -0.3 is 10.5 Å². The van der Waals surface area contributed by atoms with E-state index in [4.69, 9.17) is 15.6 Å². The second-order valence-electron chi connectivity index (χ2n) is 7.48. The minimum absolute atomic E-state index is 0.194. The molecule has 1 amide bonds. The molecule has 0 unspecified atom stereocenters. The number of carbonyl (C=O) groups is 1. The van der Waals surface area contributed by atoms with Crippen molar-refractivity contribution in [3.05, 3.63) is 53.8 Å². The van der Waals surface area contributed by atoms with Gasteiger partial charge in [0.1, 0.15) is 27.9 Å². The highest BCUT2D eigenvalue weighted by Crippen LogP contribution is 2.36. The van der Waals surface area contributed by atoms with Gasteiger partial charge in [0.05, 0.1) is 30.2 Å². The second kappa shape index (κ2) is 8.24. The number of rotatable bonds is 7. The highest BCUT2D eigenvalue weighted by atomic mass is 32.1. The molecule has 4 aromatic rings. The van der Waals surface area contributed by atoms with E-state index in [2.05, 4.69) is 15.1 Å². The molecule has 0 atom stereocenters. The number of carbonyl (C=O) groups excluding carboxylic acids is 1. The molecule has 11 heteroatoms. The van der Waals surface area contributed by atoms with Gasteiger partial charge in [0, 0.05) is 36.0 Å². The highest BCUT2D eigenvalue weighted by Gasteiger charge is 2.32. The minimum Gasteiger partial charge on any atom is -0.378 e. The maximum absolute atomic E-state index is 13.9. The van der Waals surface area contributed by atoms with Crippen molar-refractivity contribution in [2.24, 2.45) is 5.73 Å². The van der Waals surface area contributed by atoms with E-state index in [0.29, 0.717) is 28.7 Å². The first kappa shape index (κ1) is 20.5. The van der Waals surface area contributed by atoms with Gasteiger partial charge in [-0.05, 0) is 25.8 Å². The van der Waals surface area contributed by atoms with Crippen LogP contribution >= 0.6 is 11.3 Å². The molecule has 1 fully saturated rings. The van der Waals surface area contributed by atoms with Crippen molar-refractivity contribution < 1.29 is 13.9 Å². The Balaban J connectivity index is 1.51. The summed E-state index contributed by atoms with van der Waals surface area (Å²) < 4.78 is 23.1. The average Bonchev–Trinajstić information content (AvgIpc) is 3.49. The SMILES string of the molecule is CCOC1CC(n2cc(-n3cc(-c4nc(C(N)=O)cs4)cn3)c(-c3cc(F)ccn3)n2)C1. The molecule has 0 radical (unpaired) electrons. The molecule has 4 heterocycles. The molecular weight excluding hydrogens is 433 g/mol. The van der Waals surface area contributed by atoms with E-state index < -0.39 is 11.7 Å². The molecule has 2 N–H and O–H groups in total. The van der Waals surface area contributed by atoms with Crippen molar-refractivity contribution >= 4 is 17.2 Å². The Hall–Kier alpha value is -3.44. The number of aromatic nitrogens is 6. The van der Waals surface area contributed by atoms with Crippen LogP contribution in [0.2, 0.25) is 0 Å². The van der Waals surface area contributed by atoms with E-state index >= 15 is 0 Å². The van der Waals surface area contributed by atoms with Crippen molar-refractivity contribution in [2.75, 3.05) is 6.61 Å². The van der Waals surface area contributed by atoms with Crippen LogP contribution in [0.5, 0.6) is 0 Å². The van der Waals surface area contributed by atoms with Gasteiger partial charge in [0.25, 0.3) is 5.91 Å². The zero-order valence-corrected chi connectivity index (χ0v) is 18.0. The summed E-state index contributed by atoms with van der Waals surface area (Å²) in [5, 5.41) is 11.4. The Kier molecular flexibility index (Phi) is 5.27. The largest absolute Gasteiger partial charge is 0.378 e. The predicted molar refractivity (Wildman–Crippen MR) is 116 cm³/mol. The fourth-order valence-electron chi connectivity index (χ4n) is 3.66. The van der Waals surface area contributed by atoms with Gasteiger partial charge in [0.15, 0.2) is 0 Å². The quantitative estimate of drug-likeness (QED) is 0.460. The van der Waals surface area contributed by atoms with Crippen molar-refractivity contribution in [3.63, 3.8) is 0 Å². The van der Waals surface area contributed by atoms with Crippen molar-refractivity contribution in [2.45, 2.75) is 31.9 Å². The van der Waals surface area contributed by atoms with E-state index in [-0.39, 0.29) is 17.8 Å². The highest BCUT2D eigenvalue weighted by molar-refractivity contribution is 7.13. The van der Waals surface area contributed by atoms with Gasteiger partial charge in [0.2, 0.25) is 0 Å². The standard InChI is InChI=1S/C21H20FN7O2S/c1-2-31-15-6-14(7-15)28-10-18(19(27-28)16-5-13(22)3-4-24-16)29-9-12(8-25-29)21-26-17(11-32-21)20(23)30/h3-5,8-11,14-15H,2,6-7H2,1H3,(H2,23,30). The second-order valence-corrected chi connectivity index (χ2v) is 8.34. The van der Waals surface area contributed by atoms with Gasteiger partial charge in [-0.1, -0.05) is 0 Å². The van der Waals surface area contributed by atoms with E-state index in [1.807, 2.05) is 17.8 Å². The lowest BCUT2D eigenvalue weighted by atomic mass is 9.89. The molecule has 0 aliphatic heterocycles. The first-order valence-corrected chi connectivity index (χ1v) is 11.0. The number of nitrogens with two attached hydrogens (primary N) is 1. The first-order chi connectivity index (χ1) is 15.5. The Morgan fingerprint density at radius 2 is 2.22 bits per heavy atom. The number of thiazole rings is 1. The summed E-state index contributed by atoms with van der Waals surface area (Å²) in [6, 6.07) is 2.84. The fraction of sp³-hybridized carbons (Fsp3) is 0.286. The van der Waals surface area contributed by atoms with Crippen LogP contribution in [-0.4, -0.2) is 48.1 Å². The molecule has 164 valence electrons. The number of hydrogen-bond acceptors (Lipinski definition) is 7. The number of amides is 1. The third-order valence-corrected chi connectivity index (χ3v) is 6.25. The van der Waals surface area contributed by atoms with Crippen LogP contribution in [0.15, 0.2) is 42.3 Å². The lowest BCUT2D eigenvalue weighted by Crippen LogP contribution is -2.33. The third-order valence-electron chi connectivity index (χ3n) is 5.36. The smallest absolute Gasteiger partial charge is 0.268 e. The van der Waals surface area contributed by atoms with E-state index in [1.165, 1.54) is 29.7 Å². The molecule has 5 rings (SSSR count). The number of nitrogens with zero attached hydrogens (tertiary/aromatic N) is 6. The Morgan fingerprint density at radius 3 is 2.94 bits per heavy atom. The lowest BCUT2D eigenvalue weighted by molar-refractivity contribution is -0.0226. The molecule has 0 bridgehead atoms. The monoisotopic (exact) mass is 453 g/mol. The summed E-state index contributed by atoms with van der Waals surface area (Å²) in [6.45, 7) is 2.67. The number of pyridine rings is 1. The lowest BCUT2D eigenvalue weighted by Gasteiger charge is -2.34. The molecule has 0 spiro atoms. The molecule has 0 aromatic carbocycles. The van der Waals surface area contributed by atoms with Crippen LogP contribution in [0.25, 0.3) is 27.6 Å². The first-order valence-electron chi connectivity index (χ1n) is 10.1. The molecule has 1 saturated carbocycles. The summed E-state index contributed by atoms with van der Waals surface area (Å²) >= 11 is 1.31. The van der Waals surface area contributed by atoms with E-state index in [9.17, 15) is 9.18 Å². The summed E-state index contributed by atoms with van der Waals surface area (Å²) in [7, 11) is 0. The van der Waals surface area contributed by atoms with Gasteiger partial charge in [-0.15, -0.1) is 11.3 Å². The Labute approximate surface area is 186 Å². The molecule has 9 nitrogen and oxygen atoms in total. The van der Waals surface area contributed by atoms with Crippen LogP contribution in [0.3, 0.4) is 0 Å². The Morgan fingerprint density at radius 1 is 1.38 bits per heavy atom. The number of primary amides is 1. The maximum atomic E-state index is 13.9. The number of hydrogen-bond donors (Lipinski definition) is 1. The fourth-order valence-corrected chi connectivity index (χ4v) is 4.45. The van der Waals surface area contributed by atoms with Crippen LogP contribution < -0.4 is 5.73 Å². The third kappa shape index (κ3) is 3.80. The van der Waals surface area contributed by atoms with Gasteiger partial charge in [-0.25, -0.2) is 14.1 Å². The van der Waals surface area contributed by atoms with Gasteiger partial charge in [-0.3, -0.25) is 14.5 Å². The molecule has 32 heavy (non-hydrogen) atoms. The van der Waals surface area contributed by atoms with E-state index in [0.717, 1.165) is 18.4 Å². The van der Waals surface area contributed by atoms with Crippen LogP contribution in [-0.2, 0) is 4.74 Å². The predicted octanol–water partition coefficient (Wildman–Crippen LogP) is 3.23. The van der Waals surface area contributed by atoms with Crippen LogP contribution in [0.4, 0.5) is 4.39 Å². The number of ether oxygens (including phenoxy) is 1. The zero-order chi connectivity index (χ0) is 22.2.